The van der Waals surface area contributed by atoms with Crippen LogP contribution in [-0.2, 0) is 19.2 Å². The van der Waals surface area contributed by atoms with E-state index in [1.165, 1.54) is 36.8 Å². The van der Waals surface area contributed by atoms with Crippen molar-refractivity contribution in [1.82, 2.24) is 5.43 Å². The molecule has 3 rings (SSSR count). The Morgan fingerprint density at radius 1 is 1.19 bits per heavy atom. The molecule has 0 aliphatic heterocycles. The predicted octanol–water partition coefficient (Wildman–Crippen LogP) is 5.68. The largest absolute Gasteiger partial charge is 0.496 e. The Kier molecular flexibility index (Phi) is 7.53. The average molecular weight is 462 g/mol. The number of amides is 1. The van der Waals surface area contributed by atoms with E-state index in [2.05, 4.69) is 10.5 Å². The second kappa shape index (κ2) is 10.3. The van der Waals surface area contributed by atoms with Gasteiger partial charge in [0.15, 0.2) is 0 Å². The van der Waals surface area contributed by atoms with E-state index in [0.717, 1.165) is 23.4 Å². The molecule has 3 aromatic rings. The molecule has 1 N–H and O–H groups in total. The van der Waals surface area contributed by atoms with Gasteiger partial charge in [-0.25, -0.2) is 5.43 Å². The summed E-state index contributed by atoms with van der Waals surface area (Å²) in [5.74, 6) is 0.303. The number of carbonyl (C=O) groups excluding carboxylic acids is 1. The average Bonchev–Trinajstić information content (AvgIpc) is 3.27. The van der Waals surface area contributed by atoms with Crippen LogP contribution in [0, 0.1) is 0 Å². The van der Waals surface area contributed by atoms with E-state index >= 15 is 0 Å². The van der Waals surface area contributed by atoms with Crippen LogP contribution < -0.4 is 14.9 Å². The van der Waals surface area contributed by atoms with Crippen molar-refractivity contribution in [3.63, 3.8) is 0 Å². The number of alkyl halides is 3. The standard InChI is InChI=1S/C23H21F3N2O3S/c1-3-20-10-17(14-32-20)22(29)28-27-12-15-7-8-21(30-2)16(9-15)13-31-19-6-4-5-18(11-19)23(24,25)26/h4-12,14H,3,13H2,1-2H3,(H,28,29)/b27-12-. The van der Waals surface area contributed by atoms with E-state index in [1.54, 1.807) is 23.6 Å². The van der Waals surface area contributed by atoms with Crippen LogP contribution in [0.2, 0.25) is 0 Å². The minimum absolute atomic E-state index is 0.00672. The van der Waals surface area contributed by atoms with Crippen LogP contribution >= 0.6 is 11.3 Å². The van der Waals surface area contributed by atoms with E-state index in [0.29, 0.717) is 22.4 Å². The fraction of sp³-hybridized carbons (Fsp3) is 0.217. The zero-order chi connectivity index (χ0) is 23.1. The van der Waals surface area contributed by atoms with E-state index in [9.17, 15) is 18.0 Å². The molecule has 0 saturated carbocycles. The van der Waals surface area contributed by atoms with Gasteiger partial charge in [-0.2, -0.15) is 18.3 Å². The highest BCUT2D eigenvalue weighted by Crippen LogP contribution is 2.31. The Morgan fingerprint density at radius 3 is 2.69 bits per heavy atom. The van der Waals surface area contributed by atoms with Crippen molar-refractivity contribution in [3.05, 3.63) is 81.0 Å². The smallest absolute Gasteiger partial charge is 0.416 e. The second-order valence-electron chi connectivity index (χ2n) is 6.74. The lowest BCUT2D eigenvalue weighted by atomic mass is 10.1. The lowest BCUT2D eigenvalue weighted by Gasteiger charge is -2.13. The van der Waals surface area contributed by atoms with Crippen molar-refractivity contribution >= 4 is 23.5 Å². The number of rotatable bonds is 8. The van der Waals surface area contributed by atoms with E-state index < -0.39 is 11.7 Å². The molecule has 1 heterocycles. The number of nitrogens with one attached hydrogen (secondary N) is 1. The molecule has 0 unspecified atom stereocenters. The van der Waals surface area contributed by atoms with Crippen LogP contribution in [0.4, 0.5) is 13.2 Å². The maximum absolute atomic E-state index is 12.9. The summed E-state index contributed by atoms with van der Waals surface area (Å²) in [5.41, 5.74) is 3.52. The molecule has 0 fully saturated rings. The van der Waals surface area contributed by atoms with Gasteiger partial charge in [-0.1, -0.05) is 13.0 Å². The molecule has 2 aromatic carbocycles. The Morgan fingerprint density at radius 2 is 2.00 bits per heavy atom. The van der Waals surface area contributed by atoms with E-state index in [1.807, 2.05) is 13.0 Å². The molecule has 0 aliphatic rings. The molecular weight excluding hydrogens is 441 g/mol. The molecule has 32 heavy (non-hydrogen) atoms. The minimum atomic E-state index is -4.45. The zero-order valence-corrected chi connectivity index (χ0v) is 18.2. The summed E-state index contributed by atoms with van der Waals surface area (Å²) in [6.07, 6.45) is -2.12. The molecule has 1 amide bonds. The summed E-state index contributed by atoms with van der Waals surface area (Å²) in [6.45, 7) is 2.01. The molecule has 0 spiro atoms. The van der Waals surface area contributed by atoms with Crippen LogP contribution in [0.15, 0.2) is 59.0 Å². The van der Waals surface area contributed by atoms with Crippen LogP contribution in [0.25, 0.3) is 0 Å². The van der Waals surface area contributed by atoms with Gasteiger partial charge < -0.3 is 9.47 Å². The number of nitrogens with zero attached hydrogens (tertiary/aromatic N) is 1. The highest BCUT2D eigenvalue weighted by Gasteiger charge is 2.30. The number of hydrazone groups is 1. The summed E-state index contributed by atoms with van der Waals surface area (Å²) >= 11 is 1.52. The topological polar surface area (TPSA) is 59.9 Å². The number of methoxy groups -OCH3 is 1. The molecule has 0 radical (unpaired) electrons. The molecule has 0 saturated heterocycles. The maximum atomic E-state index is 12.9. The Balaban J connectivity index is 1.67. The molecule has 0 aliphatic carbocycles. The molecule has 9 heteroatoms. The van der Waals surface area contributed by atoms with E-state index in [4.69, 9.17) is 9.47 Å². The predicted molar refractivity (Wildman–Crippen MR) is 118 cm³/mol. The number of carbonyl (C=O) groups is 1. The quantitative estimate of drug-likeness (QED) is 0.346. The van der Waals surface area contributed by atoms with Crippen molar-refractivity contribution < 1.29 is 27.4 Å². The Hall–Kier alpha value is -3.33. The fourth-order valence-corrected chi connectivity index (χ4v) is 3.65. The van der Waals surface area contributed by atoms with Crippen molar-refractivity contribution in [1.29, 1.82) is 0 Å². The third-order valence-electron chi connectivity index (χ3n) is 4.50. The fourth-order valence-electron chi connectivity index (χ4n) is 2.83. The van der Waals surface area contributed by atoms with Gasteiger partial charge in [0, 0.05) is 15.8 Å². The van der Waals surface area contributed by atoms with Crippen molar-refractivity contribution in [2.24, 2.45) is 5.10 Å². The maximum Gasteiger partial charge on any atom is 0.416 e. The summed E-state index contributed by atoms with van der Waals surface area (Å²) in [5, 5.41) is 5.76. The van der Waals surface area contributed by atoms with Gasteiger partial charge in [0.05, 0.1) is 24.5 Å². The first kappa shape index (κ1) is 23.3. The molecule has 5 nitrogen and oxygen atoms in total. The van der Waals surface area contributed by atoms with Crippen molar-refractivity contribution in [2.75, 3.05) is 7.11 Å². The minimum Gasteiger partial charge on any atom is -0.496 e. The first-order chi connectivity index (χ1) is 15.3. The monoisotopic (exact) mass is 462 g/mol. The van der Waals surface area contributed by atoms with Crippen LogP contribution in [0.1, 0.15) is 38.8 Å². The Labute approximate surface area is 187 Å². The number of aryl methyl sites for hydroxylation is 1. The van der Waals surface area contributed by atoms with Crippen molar-refractivity contribution in [2.45, 2.75) is 26.1 Å². The number of hydrogen-bond acceptors (Lipinski definition) is 5. The lowest BCUT2D eigenvalue weighted by Crippen LogP contribution is -2.16. The first-order valence-corrected chi connectivity index (χ1v) is 10.6. The Bertz CT molecular complexity index is 1110. The number of halogens is 3. The lowest BCUT2D eigenvalue weighted by molar-refractivity contribution is -0.137. The third-order valence-corrected chi connectivity index (χ3v) is 5.59. The number of ether oxygens (including phenoxy) is 2. The van der Waals surface area contributed by atoms with Gasteiger partial charge in [-0.3, -0.25) is 4.79 Å². The van der Waals surface area contributed by atoms with Gasteiger partial charge in [0.2, 0.25) is 0 Å². The summed E-state index contributed by atoms with van der Waals surface area (Å²) in [4.78, 5) is 13.3. The normalized spacial score (nSPS) is 11.5. The van der Waals surface area contributed by atoms with Gasteiger partial charge in [-0.15, -0.1) is 11.3 Å². The first-order valence-electron chi connectivity index (χ1n) is 9.68. The van der Waals surface area contributed by atoms with Crippen LogP contribution in [-0.4, -0.2) is 19.2 Å². The molecular formula is C23H21F3N2O3S. The summed E-state index contributed by atoms with van der Waals surface area (Å²) < 4.78 is 49.5. The van der Waals surface area contributed by atoms with E-state index in [-0.39, 0.29) is 18.3 Å². The van der Waals surface area contributed by atoms with Gasteiger partial charge in [-0.05, 0) is 54.4 Å². The number of thiophene rings is 1. The zero-order valence-electron chi connectivity index (χ0n) is 17.4. The highest BCUT2D eigenvalue weighted by molar-refractivity contribution is 7.10. The third kappa shape index (κ3) is 6.10. The molecule has 1 aromatic heterocycles. The highest BCUT2D eigenvalue weighted by atomic mass is 32.1. The van der Waals surface area contributed by atoms with Gasteiger partial charge in [0.1, 0.15) is 18.1 Å². The number of hydrogen-bond donors (Lipinski definition) is 1. The van der Waals surface area contributed by atoms with Gasteiger partial charge >= 0.3 is 6.18 Å². The van der Waals surface area contributed by atoms with Crippen LogP contribution in [0.3, 0.4) is 0 Å². The SMILES string of the molecule is CCc1cc(C(=O)N/N=C\c2ccc(OC)c(COc3cccc(C(F)(F)F)c3)c2)cs1. The van der Waals surface area contributed by atoms with Crippen LogP contribution in [0.5, 0.6) is 11.5 Å². The summed E-state index contributed by atoms with van der Waals surface area (Å²) in [7, 11) is 1.49. The molecule has 0 atom stereocenters. The summed E-state index contributed by atoms with van der Waals surface area (Å²) in [6, 6.07) is 11.7. The van der Waals surface area contributed by atoms with Gasteiger partial charge in [0.25, 0.3) is 5.91 Å². The second-order valence-corrected chi connectivity index (χ2v) is 7.74. The molecule has 0 bridgehead atoms. The molecule has 168 valence electrons. The van der Waals surface area contributed by atoms with Crippen molar-refractivity contribution in [3.8, 4) is 11.5 Å². The number of benzene rings is 2.